The molecule has 1 fully saturated rings. The summed E-state index contributed by atoms with van der Waals surface area (Å²) < 4.78 is 0. The van der Waals surface area contributed by atoms with Gasteiger partial charge in [0.1, 0.15) is 0 Å². The Hall–Kier alpha value is -1.51. The molecule has 1 saturated carbocycles. The number of anilines is 1. The Morgan fingerprint density at radius 3 is 2.68 bits per heavy atom. The number of hydrogen-bond acceptors (Lipinski definition) is 2. The average molecular weight is 261 g/mol. The number of carbonyl (C=O) groups is 1. The van der Waals surface area contributed by atoms with Crippen LogP contribution in [0.25, 0.3) is 0 Å². The van der Waals surface area contributed by atoms with Gasteiger partial charge in [0.25, 0.3) is 0 Å². The van der Waals surface area contributed by atoms with Crippen molar-refractivity contribution in [3.63, 3.8) is 0 Å². The summed E-state index contributed by atoms with van der Waals surface area (Å²) >= 11 is 0. The summed E-state index contributed by atoms with van der Waals surface area (Å²) in [7, 11) is 0. The molecule has 0 saturated heterocycles. The Morgan fingerprint density at radius 2 is 2.11 bits per heavy atom. The number of aliphatic carboxylic acids is 1. The highest BCUT2D eigenvalue weighted by Gasteiger charge is 2.27. The predicted octanol–water partition coefficient (Wildman–Crippen LogP) is 3.46. The molecule has 0 aromatic heterocycles. The molecule has 0 aliphatic heterocycles. The molecular formula is C16H23NO2. The van der Waals surface area contributed by atoms with E-state index in [1.807, 2.05) is 12.1 Å². The van der Waals surface area contributed by atoms with Crippen molar-refractivity contribution < 1.29 is 9.90 Å². The molecule has 2 atom stereocenters. The van der Waals surface area contributed by atoms with E-state index in [2.05, 4.69) is 30.9 Å². The Bertz CT molecular complexity index is 444. The van der Waals surface area contributed by atoms with Crippen molar-refractivity contribution in [3.05, 3.63) is 29.8 Å². The fraction of sp³-hybridized carbons (Fsp3) is 0.562. The first-order chi connectivity index (χ1) is 9.08. The van der Waals surface area contributed by atoms with Gasteiger partial charge in [0.2, 0.25) is 0 Å². The van der Waals surface area contributed by atoms with Crippen molar-refractivity contribution in [1.82, 2.24) is 0 Å². The largest absolute Gasteiger partial charge is 0.481 e. The predicted molar refractivity (Wildman–Crippen MR) is 77.6 cm³/mol. The molecule has 1 aliphatic rings. The standard InChI is InChI=1S/C16H23NO2/c1-12-7-8-14(11-12)17(10-9-16(18)19)15-6-4-3-5-13(15)2/h3-6,12,14H,7-11H2,1-2H3,(H,18,19). The number of nitrogens with zero attached hydrogens (tertiary/aromatic N) is 1. The lowest BCUT2D eigenvalue weighted by Crippen LogP contribution is -2.35. The monoisotopic (exact) mass is 261 g/mol. The summed E-state index contributed by atoms with van der Waals surface area (Å²) in [4.78, 5) is 13.2. The molecular weight excluding hydrogens is 238 g/mol. The molecule has 3 nitrogen and oxygen atoms in total. The van der Waals surface area contributed by atoms with Gasteiger partial charge in [-0.25, -0.2) is 0 Å². The molecule has 19 heavy (non-hydrogen) atoms. The van der Waals surface area contributed by atoms with Gasteiger partial charge in [0.15, 0.2) is 0 Å². The molecule has 1 N–H and O–H groups in total. The number of rotatable bonds is 5. The summed E-state index contributed by atoms with van der Waals surface area (Å²) in [5, 5.41) is 8.95. The van der Waals surface area contributed by atoms with E-state index in [-0.39, 0.29) is 6.42 Å². The second-order valence-electron chi connectivity index (χ2n) is 5.70. The number of carboxylic acids is 1. The molecule has 104 valence electrons. The maximum Gasteiger partial charge on any atom is 0.305 e. The Labute approximate surface area is 115 Å². The molecule has 1 aliphatic carbocycles. The van der Waals surface area contributed by atoms with Gasteiger partial charge >= 0.3 is 5.97 Å². The van der Waals surface area contributed by atoms with Crippen molar-refractivity contribution in [2.75, 3.05) is 11.4 Å². The van der Waals surface area contributed by atoms with Gasteiger partial charge in [-0.2, -0.15) is 0 Å². The smallest absolute Gasteiger partial charge is 0.305 e. The van der Waals surface area contributed by atoms with Crippen molar-refractivity contribution >= 4 is 11.7 Å². The van der Waals surface area contributed by atoms with Gasteiger partial charge in [-0.15, -0.1) is 0 Å². The van der Waals surface area contributed by atoms with Crippen molar-refractivity contribution in [2.24, 2.45) is 5.92 Å². The second kappa shape index (κ2) is 6.09. The summed E-state index contributed by atoms with van der Waals surface area (Å²) in [5.41, 5.74) is 2.43. The zero-order valence-electron chi connectivity index (χ0n) is 11.8. The highest BCUT2D eigenvalue weighted by Crippen LogP contribution is 2.33. The third kappa shape index (κ3) is 3.49. The lowest BCUT2D eigenvalue weighted by Gasteiger charge is -2.32. The molecule has 0 radical (unpaired) electrons. The molecule has 0 amide bonds. The summed E-state index contributed by atoms with van der Waals surface area (Å²) in [6, 6.07) is 8.78. The van der Waals surface area contributed by atoms with E-state index in [9.17, 15) is 4.79 Å². The third-order valence-corrected chi connectivity index (χ3v) is 4.10. The SMILES string of the molecule is Cc1ccccc1N(CCC(=O)O)C1CCC(C)C1. The zero-order chi connectivity index (χ0) is 13.8. The molecule has 0 bridgehead atoms. The zero-order valence-corrected chi connectivity index (χ0v) is 11.8. The summed E-state index contributed by atoms with van der Waals surface area (Å²) in [6.45, 7) is 4.99. The van der Waals surface area contributed by atoms with Crippen LogP contribution < -0.4 is 4.90 Å². The van der Waals surface area contributed by atoms with E-state index >= 15 is 0 Å². The first-order valence-electron chi connectivity index (χ1n) is 7.12. The molecule has 2 unspecified atom stereocenters. The van der Waals surface area contributed by atoms with Gasteiger partial charge in [-0.3, -0.25) is 4.79 Å². The van der Waals surface area contributed by atoms with Crippen molar-refractivity contribution in [3.8, 4) is 0 Å². The summed E-state index contributed by atoms with van der Waals surface area (Å²) in [5.74, 6) is 0.0333. The minimum absolute atomic E-state index is 0.208. The number of benzene rings is 1. The molecule has 1 aromatic rings. The fourth-order valence-electron chi connectivity index (χ4n) is 3.06. The average Bonchev–Trinajstić information content (AvgIpc) is 2.78. The second-order valence-corrected chi connectivity index (χ2v) is 5.70. The lowest BCUT2D eigenvalue weighted by molar-refractivity contribution is -0.136. The minimum Gasteiger partial charge on any atom is -0.481 e. The van der Waals surface area contributed by atoms with E-state index in [0.717, 1.165) is 5.92 Å². The molecule has 0 spiro atoms. The van der Waals surface area contributed by atoms with Crippen LogP contribution in [0.5, 0.6) is 0 Å². The number of para-hydroxylation sites is 1. The van der Waals surface area contributed by atoms with Gasteiger partial charge in [0.05, 0.1) is 6.42 Å². The van der Waals surface area contributed by atoms with Crippen LogP contribution in [0.3, 0.4) is 0 Å². The van der Waals surface area contributed by atoms with Crippen LogP contribution in [0, 0.1) is 12.8 Å². The van der Waals surface area contributed by atoms with E-state index in [1.165, 1.54) is 30.5 Å². The Kier molecular flexibility index (Phi) is 4.46. The van der Waals surface area contributed by atoms with E-state index < -0.39 is 5.97 Å². The van der Waals surface area contributed by atoms with Crippen molar-refractivity contribution in [2.45, 2.75) is 45.6 Å². The van der Waals surface area contributed by atoms with Crippen LogP contribution in [0.4, 0.5) is 5.69 Å². The quantitative estimate of drug-likeness (QED) is 0.882. The number of aryl methyl sites for hydroxylation is 1. The maximum absolute atomic E-state index is 10.9. The van der Waals surface area contributed by atoms with E-state index in [1.54, 1.807) is 0 Å². The van der Waals surface area contributed by atoms with Crippen LogP contribution in [-0.2, 0) is 4.79 Å². The highest BCUT2D eigenvalue weighted by atomic mass is 16.4. The van der Waals surface area contributed by atoms with Gasteiger partial charge < -0.3 is 10.0 Å². The summed E-state index contributed by atoms with van der Waals surface area (Å²) in [6.07, 6.45) is 3.81. The van der Waals surface area contributed by atoms with Gasteiger partial charge in [0, 0.05) is 18.3 Å². The number of carboxylic acid groups (broad SMARTS) is 1. The first kappa shape index (κ1) is 13.9. The van der Waals surface area contributed by atoms with Crippen LogP contribution in [0.2, 0.25) is 0 Å². The molecule has 0 heterocycles. The first-order valence-corrected chi connectivity index (χ1v) is 7.12. The van der Waals surface area contributed by atoms with Crippen molar-refractivity contribution in [1.29, 1.82) is 0 Å². The Balaban J connectivity index is 2.18. The minimum atomic E-state index is -0.718. The molecule has 3 heteroatoms. The fourth-order valence-corrected chi connectivity index (χ4v) is 3.06. The normalized spacial score (nSPS) is 22.4. The van der Waals surface area contributed by atoms with Crippen LogP contribution in [0.1, 0.15) is 38.2 Å². The molecule has 1 aromatic carbocycles. The van der Waals surface area contributed by atoms with Gasteiger partial charge in [-0.05, 0) is 43.7 Å². The number of hydrogen-bond donors (Lipinski definition) is 1. The van der Waals surface area contributed by atoms with E-state index in [0.29, 0.717) is 12.6 Å². The molecule has 2 rings (SSSR count). The van der Waals surface area contributed by atoms with Crippen LogP contribution >= 0.6 is 0 Å². The lowest BCUT2D eigenvalue weighted by atomic mass is 10.1. The highest BCUT2D eigenvalue weighted by molar-refractivity contribution is 5.68. The third-order valence-electron chi connectivity index (χ3n) is 4.10. The maximum atomic E-state index is 10.9. The van der Waals surface area contributed by atoms with Gasteiger partial charge in [-0.1, -0.05) is 25.1 Å². The van der Waals surface area contributed by atoms with Crippen LogP contribution in [0.15, 0.2) is 24.3 Å². The topological polar surface area (TPSA) is 40.5 Å². The van der Waals surface area contributed by atoms with Crippen LogP contribution in [-0.4, -0.2) is 23.7 Å². The Morgan fingerprint density at radius 1 is 1.37 bits per heavy atom. The van der Waals surface area contributed by atoms with E-state index in [4.69, 9.17) is 5.11 Å².